The van der Waals surface area contributed by atoms with Crippen LogP contribution in [0.2, 0.25) is 0 Å². The summed E-state index contributed by atoms with van der Waals surface area (Å²) in [5, 5.41) is 0. The second-order valence-electron chi connectivity index (χ2n) is 14.4. The highest BCUT2D eigenvalue weighted by molar-refractivity contribution is 7.92. The third-order valence-corrected chi connectivity index (χ3v) is 9.91. The first kappa shape index (κ1) is 35.1. The number of sulfonamides is 1. The fraction of sp³-hybridized carbons (Fsp3) is 0.459. The molecule has 2 aliphatic rings. The molecular formula is C37H47N3O7S. The maximum absolute atomic E-state index is 14.3. The maximum Gasteiger partial charge on any atom is 0.410 e. The summed E-state index contributed by atoms with van der Waals surface area (Å²) in [6.45, 7) is 13.1. The van der Waals surface area contributed by atoms with Gasteiger partial charge in [0.15, 0.2) is 0 Å². The molecule has 11 heteroatoms. The maximum atomic E-state index is 14.3. The molecule has 0 spiro atoms. The van der Waals surface area contributed by atoms with Gasteiger partial charge in [-0.2, -0.15) is 0 Å². The summed E-state index contributed by atoms with van der Waals surface area (Å²) in [4.78, 5) is 28.7. The van der Waals surface area contributed by atoms with Gasteiger partial charge in [-0.15, -0.1) is 0 Å². The summed E-state index contributed by atoms with van der Waals surface area (Å²) in [5.74, 6) is 0.565. The van der Waals surface area contributed by atoms with Crippen molar-refractivity contribution in [1.82, 2.24) is 9.80 Å². The zero-order valence-corrected chi connectivity index (χ0v) is 29.6. The lowest BCUT2D eigenvalue weighted by Gasteiger charge is -2.33. The number of fused-ring (bicyclic) bond motifs is 1. The first-order valence-electron chi connectivity index (χ1n) is 16.5. The molecule has 1 saturated heterocycles. The van der Waals surface area contributed by atoms with Gasteiger partial charge in [0.05, 0.1) is 17.1 Å². The van der Waals surface area contributed by atoms with E-state index in [2.05, 4.69) is 0 Å². The van der Waals surface area contributed by atoms with Crippen molar-refractivity contribution in [3.05, 3.63) is 89.5 Å². The Labute approximate surface area is 284 Å². The zero-order valence-electron chi connectivity index (χ0n) is 28.8. The molecule has 0 N–H and O–H groups in total. The Morgan fingerprint density at radius 2 is 1.38 bits per heavy atom. The molecule has 0 bridgehead atoms. The van der Waals surface area contributed by atoms with Crippen LogP contribution in [0.25, 0.3) is 0 Å². The predicted molar refractivity (Wildman–Crippen MR) is 184 cm³/mol. The van der Waals surface area contributed by atoms with Crippen molar-refractivity contribution in [3.8, 4) is 5.75 Å². The number of hydrogen-bond donors (Lipinski definition) is 0. The standard InChI is InChI=1S/C37H47N3O7S/c1-36(2,3)46-34(41)38-22-19-32(20-23-38)45-31-14-16-33(17-15-31)48(43,44)40(25-27-10-8-7-9-11-27)30-13-12-28-18-21-39(26-29(28)24-30)35(42)47-37(4,5)6/h7-17,24,32H,18-23,25-26H2,1-6H3. The average Bonchev–Trinajstić information content (AvgIpc) is 3.02. The van der Waals surface area contributed by atoms with E-state index in [0.717, 1.165) is 16.7 Å². The van der Waals surface area contributed by atoms with Crippen LogP contribution in [0.4, 0.5) is 15.3 Å². The second-order valence-corrected chi connectivity index (χ2v) is 16.2. The van der Waals surface area contributed by atoms with Gasteiger partial charge in [-0.05, 0) is 101 Å². The van der Waals surface area contributed by atoms with Crippen LogP contribution in [-0.4, -0.2) is 67.3 Å². The van der Waals surface area contributed by atoms with Crippen LogP contribution in [-0.2, 0) is 39.0 Å². The van der Waals surface area contributed by atoms with Gasteiger partial charge in [0.25, 0.3) is 10.0 Å². The quantitative estimate of drug-likeness (QED) is 0.262. The summed E-state index contributed by atoms with van der Waals surface area (Å²) in [7, 11) is -4.00. The van der Waals surface area contributed by atoms with Crippen LogP contribution >= 0.6 is 0 Å². The molecule has 3 aromatic rings. The molecule has 0 aliphatic carbocycles. The average molecular weight is 678 g/mol. The van der Waals surface area contributed by atoms with Crippen LogP contribution in [0.5, 0.6) is 5.75 Å². The molecule has 0 radical (unpaired) electrons. The van der Waals surface area contributed by atoms with E-state index in [1.54, 1.807) is 34.1 Å². The Kier molecular flexibility index (Phi) is 10.3. The first-order valence-corrected chi connectivity index (χ1v) is 17.9. The highest BCUT2D eigenvalue weighted by atomic mass is 32.2. The van der Waals surface area contributed by atoms with Gasteiger partial charge >= 0.3 is 12.2 Å². The largest absolute Gasteiger partial charge is 0.490 e. The molecule has 48 heavy (non-hydrogen) atoms. The summed E-state index contributed by atoms with van der Waals surface area (Å²) in [6.07, 6.45) is 1.14. The zero-order chi connectivity index (χ0) is 34.7. The van der Waals surface area contributed by atoms with E-state index in [1.165, 1.54) is 4.31 Å². The Bertz CT molecular complexity index is 1690. The molecule has 2 amide bonds. The SMILES string of the molecule is CC(C)(C)OC(=O)N1CCC(Oc2ccc(S(=O)(=O)N(Cc3ccccc3)c3ccc4c(c3)CN(C(=O)OC(C)(C)C)CC4)cc2)CC1. The van der Waals surface area contributed by atoms with Crippen molar-refractivity contribution in [3.63, 3.8) is 0 Å². The van der Waals surface area contributed by atoms with Crippen LogP contribution in [0.15, 0.2) is 77.7 Å². The van der Waals surface area contributed by atoms with E-state index in [-0.39, 0.29) is 29.7 Å². The summed E-state index contributed by atoms with van der Waals surface area (Å²) in [5.41, 5.74) is 2.16. The van der Waals surface area contributed by atoms with Crippen molar-refractivity contribution in [1.29, 1.82) is 0 Å². The van der Waals surface area contributed by atoms with E-state index in [9.17, 15) is 18.0 Å². The van der Waals surface area contributed by atoms with Crippen LogP contribution in [0.1, 0.15) is 71.1 Å². The van der Waals surface area contributed by atoms with Crippen molar-refractivity contribution in [2.24, 2.45) is 0 Å². The molecule has 3 aromatic carbocycles. The Hall–Kier alpha value is -4.25. The number of benzene rings is 3. The smallest absolute Gasteiger partial charge is 0.410 e. The van der Waals surface area contributed by atoms with Gasteiger partial charge < -0.3 is 24.0 Å². The minimum absolute atomic E-state index is 0.100. The van der Waals surface area contributed by atoms with E-state index < -0.39 is 21.2 Å². The topological polar surface area (TPSA) is 106 Å². The molecule has 0 atom stereocenters. The van der Waals surface area contributed by atoms with Gasteiger partial charge in [-0.3, -0.25) is 4.31 Å². The molecule has 258 valence electrons. The highest BCUT2D eigenvalue weighted by Gasteiger charge is 2.31. The Balaban J connectivity index is 1.32. The van der Waals surface area contributed by atoms with Gasteiger partial charge in [0.2, 0.25) is 0 Å². The van der Waals surface area contributed by atoms with Crippen LogP contribution in [0.3, 0.4) is 0 Å². The summed E-state index contributed by atoms with van der Waals surface area (Å²) >= 11 is 0. The molecule has 5 rings (SSSR count). The van der Waals surface area contributed by atoms with E-state index in [0.29, 0.717) is 56.9 Å². The number of carbonyl (C=O) groups excluding carboxylic acids is 2. The Morgan fingerprint density at radius 1 is 0.771 bits per heavy atom. The number of rotatable bonds is 7. The first-order chi connectivity index (χ1) is 22.6. The minimum Gasteiger partial charge on any atom is -0.490 e. The number of piperidine rings is 1. The molecule has 0 unspecified atom stereocenters. The van der Waals surface area contributed by atoms with E-state index in [4.69, 9.17) is 14.2 Å². The van der Waals surface area contributed by atoms with Crippen molar-refractivity contribution < 1.29 is 32.2 Å². The molecule has 1 fully saturated rings. The van der Waals surface area contributed by atoms with Crippen molar-refractivity contribution in [2.75, 3.05) is 23.9 Å². The minimum atomic E-state index is -4.00. The van der Waals surface area contributed by atoms with Gasteiger partial charge in [-0.25, -0.2) is 18.0 Å². The Morgan fingerprint density at radius 3 is 1.98 bits per heavy atom. The fourth-order valence-corrected chi connectivity index (χ4v) is 7.18. The number of hydrogen-bond acceptors (Lipinski definition) is 7. The number of amides is 2. The lowest BCUT2D eigenvalue weighted by molar-refractivity contribution is 0.0125. The third kappa shape index (κ3) is 9.00. The van der Waals surface area contributed by atoms with E-state index >= 15 is 0 Å². The second kappa shape index (κ2) is 14.1. The number of carbonyl (C=O) groups is 2. The summed E-state index contributed by atoms with van der Waals surface area (Å²) < 4.78 is 47.3. The van der Waals surface area contributed by atoms with Gasteiger partial charge in [-0.1, -0.05) is 36.4 Å². The monoisotopic (exact) mass is 677 g/mol. The molecule has 0 aromatic heterocycles. The van der Waals surface area contributed by atoms with Crippen molar-refractivity contribution in [2.45, 2.75) is 96.1 Å². The van der Waals surface area contributed by atoms with Crippen LogP contribution in [0, 0.1) is 0 Å². The molecule has 10 nitrogen and oxygen atoms in total. The van der Waals surface area contributed by atoms with Gasteiger partial charge in [0.1, 0.15) is 23.1 Å². The molecule has 0 saturated carbocycles. The normalized spacial score (nSPS) is 15.8. The fourth-order valence-electron chi connectivity index (χ4n) is 5.74. The highest BCUT2D eigenvalue weighted by Crippen LogP contribution is 2.32. The van der Waals surface area contributed by atoms with Crippen LogP contribution < -0.4 is 9.04 Å². The molecule has 2 heterocycles. The molecule has 2 aliphatic heterocycles. The van der Waals surface area contributed by atoms with E-state index in [1.807, 2.05) is 90.1 Å². The number of likely N-dealkylation sites (tertiary alicyclic amines) is 1. The van der Waals surface area contributed by atoms with Gasteiger partial charge in [0, 0.05) is 39.0 Å². The lowest BCUT2D eigenvalue weighted by atomic mass is 9.99. The molecular weight excluding hydrogens is 630 g/mol. The number of anilines is 1. The number of ether oxygens (including phenoxy) is 3. The number of nitrogens with zero attached hydrogens (tertiary/aromatic N) is 3. The lowest BCUT2D eigenvalue weighted by Crippen LogP contribution is -2.44. The van der Waals surface area contributed by atoms with Crippen molar-refractivity contribution >= 4 is 27.9 Å². The third-order valence-electron chi connectivity index (χ3n) is 8.12. The summed E-state index contributed by atoms with van der Waals surface area (Å²) in [6, 6.07) is 21.6. The predicted octanol–water partition coefficient (Wildman–Crippen LogP) is 7.15.